The van der Waals surface area contributed by atoms with Gasteiger partial charge in [-0.2, -0.15) is 0 Å². The molecule has 0 aliphatic heterocycles. The van der Waals surface area contributed by atoms with Crippen LogP contribution in [-0.4, -0.2) is 23.5 Å². The molecule has 0 spiro atoms. The third-order valence-electron chi connectivity index (χ3n) is 2.50. The van der Waals surface area contributed by atoms with Crippen molar-refractivity contribution in [1.82, 2.24) is 0 Å². The number of hydrogen-bond donors (Lipinski definition) is 1. The predicted molar refractivity (Wildman–Crippen MR) is 77.6 cm³/mol. The molecule has 2 aromatic rings. The van der Waals surface area contributed by atoms with Crippen molar-refractivity contribution in [3.8, 4) is 5.75 Å². The van der Waals surface area contributed by atoms with Crippen molar-refractivity contribution in [2.24, 2.45) is 0 Å². The lowest BCUT2D eigenvalue weighted by Gasteiger charge is -2.06. The molecule has 0 aliphatic carbocycles. The van der Waals surface area contributed by atoms with E-state index < -0.39 is 10.8 Å². The second kappa shape index (κ2) is 5.99. The highest BCUT2D eigenvalue weighted by Gasteiger charge is 2.13. The molecule has 1 aromatic heterocycles. The summed E-state index contributed by atoms with van der Waals surface area (Å²) < 4.78 is 16.4. The van der Waals surface area contributed by atoms with Gasteiger partial charge in [0.1, 0.15) is 10.6 Å². The topological polar surface area (TPSA) is 55.4 Å². The lowest BCUT2D eigenvalue weighted by molar-refractivity contribution is 0.102. The fourth-order valence-corrected chi connectivity index (χ4v) is 2.81. The molecule has 100 valence electrons. The van der Waals surface area contributed by atoms with Gasteiger partial charge in [0, 0.05) is 27.6 Å². The number of thiophene rings is 1. The van der Waals surface area contributed by atoms with E-state index in [1.54, 1.807) is 42.0 Å². The molecule has 0 unspecified atom stereocenters. The molecule has 1 N–H and O–H groups in total. The predicted octanol–water partition coefficient (Wildman–Crippen LogP) is 2.75. The van der Waals surface area contributed by atoms with Crippen molar-refractivity contribution in [3.05, 3.63) is 40.6 Å². The van der Waals surface area contributed by atoms with E-state index >= 15 is 0 Å². The lowest BCUT2D eigenvalue weighted by atomic mass is 10.3. The van der Waals surface area contributed by atoms with Gasteiger partial charge < -0.3 is 10.1 Å². The highest BCUT2D eigenvalue weighted by atomic mass is 32.2. The van der Waals surface area contributed by atoms with Crippen molar-refractivity contribution in [2.45, 2.75) is 4.90 Å². The van der Waals surface area contributed by atoms with Crippen molar-refractivity contribution >= 4 is 33.7 Å². The summed E-state index contributed by atoms with van der Waals surface area (Å²) >= 11 is 1.32. The largest absolute Gasteiger partial charge is 0.495 e. The van der Waals surface area contributed by atoms with E-state index in [1.807, 2.05) is 0 Å². The summed E-state index contributed by atoms with van der Waals surface area (Å²) in [5.74, 6) is 0.353. The summed E-state index contributed by atoms with van der Waals surface area (Å²) in [6, 6.07) is 8.68. The van der Waals surface area contributed by atoms with Gasteiger partial charge in [-0.15, -0.1) is 11.3 Å². The summed E-state index contributed by atoms with van der Waals surface area (Å²) in [5.41, 5.74) is 0.662. The average Bonchev–Trinajstić information content (AvgIpc) is 2.87. The molecule has 1 amide bonds. The van der Waals surface area contributed by atoms with E-state index in [-0.39, 0.29) is 5.91 Å². The van der Waals surface area contributed by atoms with Crippen molar-refractivity contribution < 1.29 is 13.7 Å². The van der Waals surface area contributed by atoms with Crippen molar-refractivity contribution in [1.29, 1.82) is 0 Å². The van der Waals surface area contributed by atoms with Crippen LogP contribution >= 0.6 is 11.3 Å². The number of carbonyl (C=O) groups is 1. The number of hydrogen-bond acceptors (Lipinski definition) is 4. The van der Waals surface area contributed by atoms with E-state index in [0.29, 0.717) is 16.3 Å². The van der Waals surface area contributed by atoms with Gasteiger partial charge >= 0.3 is 0 Å². The van der Waals surface area contributed by atoms with Gasteiger partial charge in [0.05, 0.1) is 7.11 Å². The second-order valence-electron chi connectivity index (χ2n) is 3.75. The van der Waals surface area contributed by atoms with Gasteiger partial charge in [-0.05, 0) is 35.7 Å². The molecule has 1 aromatic carbocycles. The third kappa shape index (κ3) is 3.21. The van der Waals surface area contributed by atoms with Gasteiger partial charge in [-0.3, -0.25) is 9.00 Å². The van der Waals surface area contributed by atoms with Crippen LogP contribution in [0.2, 0.25) is 0 Å². The van der Waals surface area contributed by atoms with E-state index in [2.05, 4.69) is 5.32 Å². The molecule has 6 heteroatoms. The minimum Gasteiger partial charge on any atom is -0.495 e. The molecule has 1 heterocycles. The minimum absolute atomic E-state index is 0.211. The first kappa shape index (κ1) is 13.8. The van der Waals surface area contributed by atoms with Crippen LogP contribution in [0, 0.1) is 0 Å². The molecule has 1 atom stereocenters. The first-order valence-electron chi connectivity index (χ1n) is 5.48. The van der Waals surface area contributed by atoms with Crippen LogP contribution in [0.4, 0.5) is 5.69 Å². The molecular formula is C13H13NO3S2. The molecule has 0 saturated heterocycles. The minimum atomic E-state index is -1.02. The number of ether oxygens (including phenoxy) is 1. The van der Waals surface area contributed by atoms with Crippen LogP contribution in [-0.2, 0) is 10.8 Å². The van der Waals surface area contributed by atoms with Gasteiger partial charge in [-0.1, -0.05) is 0 Å². The Morgan fingerprint density at radius 2 is 1.95 bits per heavy atom. The number of rotatable bonds is 4. The Bertz CT molecular complexity index is 605. The van der Waals surface area contributed by atoms with Crippen LogP contribution in [0.25, 0.3) is 0 Å². The number of amides is 1. The average molecular weight is 295 g/mol. The summed E-state index contributed by atoms with van der Waals surface area (Å²) in [7, 11) is 0.517. The molecule has 0 radical (unpaired) electrons. The number of anilines is 1. The number of benzene rings is 1. The standard InChI is InChI=1S/C13H13NO3S2/c1-17-11-7-8-18-12(11)13(15)14-9-3-5-10(6-4-9)19(2)16/h3-8H,1-2H3,(H,14,15)/t19-/m1/s1. The monoisotopic (exact) mass is 295 g/mol. The molecule has 4 nitrogen and oxygen atoms in total. The summed E-state index contributed by atoms with van der Waals surface area (Å²) in [5, 5.41) is 4.58. The summed E-state index contributed by atoms with van der Waals surface area (Å²) in [4.78, 5) is 13.3. The zero-order valence-electron chi connectivity index (χ0n) is 10.5. The Labute approximate surface area is 117 Å². The maximum atomic E-state index is 12.0. The van der Waals surface area contributed by atoms with Crippen LogP contribution in [0.3, 0.4) is 0 Å². The molecule has 0 fully saturated rings. The van der Waals surface area contributed by atoms with Gasteiger partial charge in [0.25, 0.3) is 5.91 Å². The lowest BCUT2D eigenvalue weighted by Crippen LogP contribution is -2.11. The van der Waals surface area contributed by atoms with Crippen molar-refractivity contribution in [3.63, 3.8) is 0 Å². The smallest absolute Gasteiger partial charge is 0.269 e. The van der Waals surface area contributed by atoms with E-state index in [4.69, 9.17) is 4.74 Å². The Balaban J connectivity index is 2.13. The molecular weight excluding hydrogens is 282 g/mol. The Kier molecular flexibility index (Phi) is 4.34. The Morgan fingerprint density at radius 1 is 1.26 bits per heavy atom. The summed E-state index contributed by atoms with van der Waals surface area (Å²) in [6.45, 7) is 0. The maximum Gasteiger partial charge on any atom is 0.269 e. The van der Waals surface area contributed by atoms with Gasteiger partial charge in [0.15, 0.2) is 0 Å². The fraction of sp³-hybridized carbons (Fsp3) is 0.154. The Morgan fingerprint density at radius 3 is 2.53 bits per heavy atom. The van der Waals surface area contributed by atoms with Gasteiger partial charge in [-0.25, -0.2) is 0 Å². The number of carbonyl (C=O) groups excluding carboxylic acids is 1. The molecule has 0 saturated carbocycles. The van der Waals surface area contributed by atoms with E-state index in [1.165, 1.54) is 18.4 Å². The highest BCUT2D eigenvalue weighted by Crippen LogP contribution is 2.25. The highest BCUT2D eigenvalue weighted by molar-refractivity contribution is 7.84. The molecule has 2 rings (SSSR count). The third-order valence-corrected chi connectivity index (χ3v) is 4.33. The number of nitrogens with one attached hydrogen (secondary N) is 1. The molecule has 0 aliphatic rings. The Hall–Kier alpha value is -1.66. The van der Waals surface area contributed by atoms with E-state index in [0.717, 1.165) is 4.90 Å². The zero-order valence-corrected chi connectivity index (χ0v) is 12.1. The van der Waals surface area contributed by atoms with Gasteiger partial charge in [0.2, 0.25) is 0 Å². The van der Waals surface area contributed by atoms with Crippen LogP contribution in [0.1, 0.15) is 9.67 Å². The molecule has 19 heavy (non-hydrogen) atoms. The first-order chi connectivity index (χ1) is 9.11. The first-order valence-corrected chi connectivity index (χ1v) is 7.92. The summed E-state index contributed by atoms with van der Waals surface area (Å²) in [6.07, 6.45) is 1.62. The molecule has 0 bridgehead atoms. The SMILES string of the molecule is COc1ccsc1C(=O)Nc1ccc([S@@](C)=O)cc1. The normalized spacial score (nSPS) is 11.9. The quantitative estimate of drug-likeness (QED) is 0.943. The van der Waals surface area contributed by atoms with Crippen LogP contribution in [0.5, 0.6) is 5.75 Å². The fourth-order valence-electron chi connectivity index (χ4n) is 1.54. The maximum absolute atomic E-state index is 12.0. The van der Waals surface area contributed by atoms with Crippen molar-refractivity contribution in [2.75, 3.05) is 18.7 Å². The zero-order chi connectivity index (χ0) is 13.8. The number of methoxy groups -OCH3 is 1. The van der Waals surface area contributed by atoms with Crippen LogP contribution < -0.4 is 10.1 Å². The van der Waals surface area contributed by atoms with E-state index in [9.17, 15) is 9.00 Å². The second-order valence-corrected chi connectivity index (χ2v) is 6.05. The van der Waals surface area contributed by atoms with Crippen LogP contribution in [0.15, 0.2) is 40.6 Å².